The molecule has 1 heteroatoms. The summed E-state index contributed by atoms with van der Waals surface area (Å²) in [5, 5.41) is 0. The Balaban J connectivity index is 2.07. The molecular weight excluding hydrogens is 124 g/mol. The first-order chi connectivity index (χ1) is 4.90. The van der Waals surface area contributed by atoms with Crippen molar-refractivity contribution in [2.45, 2.75) is 32.1 Å². The highest BCUT2D eigenvalue weighted by Crippen LogP contribution is 2.44. The van der Waals surface area contributed by atoms with Crippen LogP contribution < -0.4 is 0 Å². The minimum absolute atomic E-state index is 0.438. The number of aldehydes is 1. The Labute approximate surface area is 61.8 Å². The Morgan fingerprint density at radius 1 is 1.20 bits per heavy atom. The standard InChI is InChI=1S/C9H14O/c10-6-9-5-7-2-1-3-8(9)4-7/h6-9H,1-5H2. The third-order valence-electron chi connectivity index (χ3n) is 3.21. The van der Waals surface area contributed by atoms with Gasteiger partial charge in [-0.3, -0.25) is 0 Å². The molecule has 2 rings (SSSR count). The second-order valence-corrected chi connectivity index (χ2v) is 3.83. The van der Waals surface area contributed by atoms with E-state index < -0.39 is 0 Å². The highest BCUT2D eigenvalue weighted by molar-refractivity contribution is 5.54. The molecule has 2 saturated carbocycles. The summed E-state index contributed by atoms with van der Waals surface area (Å²) in [7, 11) is 0. The first-order valence-corrected chi connectivity index (χ1v) is 4.35. The van der Waals surface area contributed by atoms with Crippen LogP contribution in [-0.4, -0.2) is 6.29 Å². The van der Waals surface area contributed by atoms with Crippen molar-refractivity contribution in [2.24, 2.45) is 17.8 Å². The molecule has 0 saturated heterocycles. The molecule has 0 aromatic carbocycles. The van der Waals surface area contributed by atoms with Crippen LogP contribution in [0.5, 0.6) is 0 Å². The predicted octanol–water partition coefficient (Wildman–Crippen LogP) is 2.01. The number of rotatable bonds is 1. The SMILES string of the molecule is O=CC1CC2CCCC1C2. The number of hydrogen-bond donors (Lipinski definition) is 0. The Bertz CT molecular complexity index is 142. The fraction of sp³-hybridized carbons (Fsp3) is 0.889. The summed E-state index contributed by atoms with van der Waals surface area (Å²) in [5.41, 5.74) is 0. The average molecular weight is 138 g/mol. The number of carbonyl (C=O) groups excluding carboxylic acids is 1. The molecule has 10 heavy (non-hydrogen) atoms. The van der Waals surface area contributed by atoms with E-state index in [0.717, 1.165) is 11.8 Å². The summed E-state index contributed by atoms with van der Waals surface area (Å²) in [6.45, 7) is 0. The summed E-state index contributed by atoms with van der Waals surface area (Å²) < 4.78 is 0. The minimum atomic E-state index is 0.438. The van der Waals surface area contributed by atoms with E-state index in [1.807, 2.05) is 0 Å². The molecule has 2 aliphatic carbocycles. The van der Waals surface area contributed by atoms with Gasteiger partial charge in [0, 0.05) is 5.92 Å². The lowest BCUT2D eigenvalue weighted by Crippen LogP contribution is -2.09. The zero-order valence-electron chi connectivity index (χ0n) is 6.25. The molecule has 3 unspecified atom stereocenters. The van der Waals surface area contributed by atoms with Crippen LogP contribution in [0.4, 0.5) is 0 Å². The number of carbonyl (C=O) groups is 1. The Morgan fingerprint density at radius 2 is 2.10 bits per heavy atom. The van der Waals surface area contributed by atoms with Gasteiger partial charge < -0.3 is 4.79 Å². The Morgan fingerprint density at radius 3 is 2.80 bits per heavy atom. The molecule has 56 valence electrons. The van der Waals surface area contributed by atoms with Gasteiger partial charge in [0.15, 0.2) is 0 Å². The van der Waals surface area contributed by atoms with E-state index in [9.17, 15) is 4.79 Å². The van der Waals surface area contributed by atoms with Crippen LogP contribution in [-0.2, 0) is 4.79 Å². The van der Waals surface area contributed by atoms with Crippen molar-refractivity contribution in [1.82, 2.24) is 0 Å². The quantitative estimate of drug-likeness (QED) is 0.506. The zero-order valence-corrected chi connectivity index (χ0v) is 6.25. The van der Waals surface area contributed by atoms with Gasteiger partial charge in [-0.2, -0.15) is 0 Å². The molecule has 0 amide bonds. The maximum Gasteiger partial charge on any atom is 0.123 e. The van der Waals surface area contributed by atoms with Crippen LogP contribution in [0, 0.1) is 17.8 Å². The second-order valence-electron chi connectivity index (χ2n) is 3.83. The van der Waals surface area contributed by atoms with Crippen molar-refractivity contribution in [3.05, 3.63) is 0 Å². The molecule has 1 nitrogen and oxygen atoms in total. The van der Waals surface area contributed by atoms with Crippen molar-refractivity contribution in [1.29, 1.82) is 0 Å². The van der Waals surface area contributed by atoms with Crippen molar-refractivity contribution < 1.29 is 4.79 Å². The molecule has 0 aromatic rings. The lowest BCUT2D eigenvalue weighted by atomic mass is 9.87. The highest BCUT2D eigenvalue weighted by Gasteiger charge is 2.36. The van der Waals surface area contributed by atoms with Gasteiger partial charge in [0.25, 0.3) is 0 Å². The molecule has 2 bridgehead atoms. The summed E-state index contributed by atoms with van der Waals surface area (Å²) in [5.74, 6) is 2.12. The predicted molar refractivity (Wildman–Crippen MR) is 39.6 cm³/mol. The van der Waals surface area contributed by atoms with Crippen molar-refractivity contribution in [3.63, 3.8) is 0 Å². The van der Waals surface area contributed by atoms with E-state index in [4.69, 9.17) is 0 Å². The van der Waals surface area contributed by atoms with Gasteiger partial charge in [0.2, 0.25) is 0 Å². The fourth-order valence-corrected chi connectivity index (χ4v) is 2.68. The molecule has 0 spiro atoms. The highest BCUT2D eigenvalue weighted by atomic mass is 16.1. The first-order valence-electron chi connectivity index (χ1n) is 4.35. The molecule has 0 radical (unpaired) electrons. The molecule has 3 atom stereocenters. The third-order valence-corrected chi connectivity index (χ3v) is 3.21. The maximum atomic E-state index is 10.5. The minimum Gasteiger partial charge on any atom is -0.303 e. The van der Waals surface area contributed by atoms with Gasteiger partial charge in [-0.25, -0.2) is 0 Å². The van der Waals surface area contributed by atoms with Gasteiger partial charge >= 0.3 is 0 Å². The zero-order chi connectivity index (χ0) is 6.97. The largest absolute Gasteiger partial charge is 0.303 e. The molecule has 0 N–H and O–H groups in total. The molecule has 0 aromatic heterocycles. The van der Waals surface area contributed by atoms with Crippen molar-refractivity contribution in [2.75, 3.05) is 0 Å². The van der Waals surface area contributed by atoms with Crippen LogP contribution >= 0.6 is 0 Å². The first kappa shape index (κ1) is 6.38. The second kappa shape index (κ2) is 2.37. The van der Waals surface area contributed by atoms with Gasteiger partial charge in [0.1, 0.15) is 6.29 Å². The lowest BCUT2D eigenvalue weighted by Gasteiger charge is -2.18. The normalized spacial score (nSPS) is 45.4. The Hall–Kier alpha value is -0.330. The van der Waals surface area contributed by atoms with Crippen LogP contribution in [0.25, 0.3) is 0 Å². The number of hydrogen-bond acceptors (Lipinski definition) is 1. The van der Waals surface area contributed by atoms with Gasteiger partial charge in [-0.05, 0) is 31.1 Å². The maximum absolute atomic E-state index is 10.5. The third kappa shape index (κ3) is 0.882. The smallest absolute Gasteiger partial charge is 0.123 e. The monoisotopic (exact) mass is 138 g/mol. The summed E-state index contributed by atoms with van der Waals surface area (Å²) >= 11 is 0. The van der Waals surface area contributed by atoms with Gasteiger partial charge in [-0.1, -0.05) is 12.8 Å². The van der Waals surface area contributed by atoms with E-state index in [1.54, 1.807) is 0 Å². The van der Waals surface area contributed by atoms with E-state index in [-0.39, 0.29) is 0 Å². The summed E-state index contributed by atoms with van der Waals surface area (Å²) in [4.78, 5) is 10.5. The van der Waals surface area contributed by atoms with Crippen molar-refractivity contribution >= 4 is 6.29 Å². The van der Waals surface area contributed by atoms with Gasteiger partial charge in [-0.15, -0.1) is 0 Å². The van der Waals surface area contributed by atoms with Gasteiger partial charge in [0.05, 0.1) is 0 Å². The molecule has 0 heterocycles. The molecule has 2 aliphatic rings. The van der Waals surface area contributed by atoms with Crippen LogP contribution in [0.2, 0.25) is 0 Å². The average Bonchev–Trinajstić information content (AvgIpc) is 2.26. The van der Waals surface area contributed by atoms with E-state index in [1.165, 1.54) is 38.4 Å². The lowest BCUT2D eigenvalue weighted by molar-refractivity contribution is -0.112. The summed E-state index contributed by atoms with van der Waals surface area (Å²) in [6, 6.07) is 0. The number of fused-ring (bicyclic) bond motifs is 2. The fourth-order valence-electron chi connectivity index (χ4n) is 2.68. The topological polar surface area (TPSA) is 17.1 Å². The Kier molecular flexibility index (Phi) is 1.51. The van der Waals surface area contributed by atoms with E-state index >= 15 is 0 Å². The van der Waals surface area contributed by atoms with E-state index in [2.05, 4.69) is 0 Å². The van der Waals surface area contributed by atoms with Crippen LogP contribution in [0.15, 0.2) is 0 Å². The molecule has 2 fully saturated rings. The van der Waals surface area contributed by atoms with Crippen LogP contribution in [0.3, 0.4) is 0 Å². The van der Waals surface area contributed by atoms with E-state index in [0.29, 0.717) is 5.92 Å². The summed E-state index contributed by atoms with van der Waals surface area (Å²) in [6.07, 6.45) is 7.83. The molecular formula is C9H14O. The van der Waals surface area contributed by atoms with Crippen molar-refractivity contribution in [3.8, 4) is 0 Å². The van der Waals surface area contributed by atoms with Crippen LogP contribution in [0.1, 0.15) is 32.1 Å². The molecule has 0 aliphatic heterocycles.